The minimum Gasteiger partial charge on any atom is -0.443 e. The topological polar surface area (TPSA) is 50.1 Å². The van der Waals surface area contributed by atoms with E-state index < -0.39 is 12.1 Å². The number of ether oxygens (including phenoxy) is 1. The predicted molar refractivity (Wildman–Crippen MR) is 52.4 cm³/mol. The Balaban J connectivity index is 2.86. The lowest BCUT2D eigenvalue weighted by atomic mass is 10.2. The van der Waals surface area contributed by atoms with Gasteiger partial charge in [0, 0.05) is 12.3 Å². The van der Waals surface area contributed by atoms with Crippen LogP contribution in [0.1, 0.15) is 23.5 Å². The molecule has 70 valence electrons. The van der Waals surface area contributed by atoms with Gasteiger partial charge in [0.1, 0.15) is 6.07 Å². The van der Waals surface area contributed by atoms with E-state index in [9.17, 15) is 4.79 Å². The third kappa shape index (κ3) is 2.35. The molecule has 0 radical (unpaired) electrons. The van der Waals surface area contributed by atoms with Crippen LogP contribution < -0.4 is 0 Å². The van der Waals surface area contributed by atoms with E-state index in [4.69, 9.17) is 16.4 Å². The van der Waals surface area contributed by atoms with Crippen molar-refractivity contribution >= 4 is 17.3 Å². The molecule has 0 saturated carbocycles. The summed E-state index contributed by atoms with van der Waals surface area (Å²) in [6.07, 6.45) is 4.52. The van der Waals surface area contributed by atoms with Gasteiger partial charge >= 0.3 is 5.97 Å². The molecule has 1 heterocycles. The molecule has 0 spiro atoms. The van der Waals surface area contributed by atoms with Crippen molar-refractivity contribution in [3.05, 3.63) is 21.9 Å². The number of terminal acetylenes is 1. The van der Waals surface area contributed by atoms with E-state index in [1.807, 2.05) is 6.07 Å². The molecule has 1 aromatic rings. The molecule has 0 bridgehead atoms. The number of hydrogen-bond donors (Lipinski definition) is 0. The Labute approximate surface area is 85.9 Å². The van der Waals surface area contributed by atoms with Gasteiger partial charge in [0.25, 0.3) is 0 Å². The van der Waals surface area contributed by atoms with Crippen LogP contribution in [0.4, 0.5) is 0 Å². The molecule has 0 N–H and O–H groups in total. The van der Waals surface area contributed by atoms with E-state index in [1.54, 1.807) is 11.4 Å². The molecule has 0 aliphatic rings. The van der Waals surface area contributed by atoms with Crippen molar-refractivity contribution in [3.8, 4) is 18.4 Å². The van der Waals surface area contributed by atoms with Crippen LogP contribution in [0.25, 0.3) is 0 Å². The zero-order chi connectivity index (χ0) is 10.6. The Kier molecular flexibility index (Phi) is 3.28. The van der Waals surface area contributed by atoms with Gasteiger partial charge in [-0.15, -0.1) is 17.8 Å². The number of hydrogen-bond acceptors (Lipinski definition) is 4. The third-order valence-corrected chi connectivity index (χ3v) is 2.42. The Bertz CT molecular complexity index is 422. The van der Waals surface area contributed by atoms with Crippen molar-refractivity contribution < 1.29 is 9.53 Å². The summed E-state index contributed by atoms with van der Waals surface area (Å²) in [7, 11) is 0. The predicted octanol–water partition coefficient (Wildman–Crippen LogP) is 1.86. The minimum absolute atomic E-state index is 0.431. The van der Waals surface area contributed by atoms with Crippen LogP contribution in [0.15, 0.2) is 11.4 Å². The van der Waals surface area contributed by atoms with Gasteiger partial charge in [-0.25, -0.2) is 0 Å². The quantitative estimate of drug-likeness (QED) is 0.547. The monoisotopic (exact) mass is 205 g/mol. The van der Waals surface area contributed by atoms with E-state index in [2.05, 4.69) is 5.92 Å². The lowest BCUT2D eigenvalue weighted by Gasteiger charge is -2.07. The third-order valence-electron chi connectivity index (χ3n) is 1.44. The fourth-order valence-electron chi connectivity index (χ4n) is 0.889. The molecule has 1 unspecified atom stereocenters. The highest BCUT2D eigenvalue weighted by Crippen LogP contribution is 2.24. The van der Waals surface area contributed by atoms with Crippen LogP contribution in [0, 0.1) is 23.7 Å². The lowest BCUT2D eigenvalue weighted by Crippen LogP contribution is -2.04. The van der Waals surface area contributed by atoms with Crippen LogP contribution in [-0.2, 0) is 9.53 Å². The Hall–Kier alpha value is -1.78. The molecule has 1 atom stereocenters. The van der Waals surface area contributed by atoms with Gasteiger partial charge in [-0.2, -0.15) is 5.26 Å². The second-order valence-corrected chi connectivity index (χ2v) is 3.45. The van der Waals surface area contributed by atoms with E-state index >= 15 is 0 Å². The fraction of sp³-hybridized carbons (Fsp3) is 0.200. The highest BCUT2D eigenvalue weighted by atomic mass is 32.1. The van der Waals surface area contributed by atoms with E-state index in [1.165, 1.54) is 18.3 Å². The molecule has 0 amide bonds. The molecule has 4 heteroatoms. The lowest BCUT2D eigenvalue weighted by molar-refractivity contribution is -0.143. The molecule has 14 heavy (non-hydrogen) atoms. The van der Waals surface area contributed by atoms with Crippen molar-refractivity contribution in [1.29, 1.82) is 5.26 Å². The summed E-state index contributed by atoms with van der Waals surface area (Å²) in [5, 5.41) is 10.3. The van der Waals surface area contributed by atoms with E-state index in [-0.39, 0.29) is 0 Å². The summed E-state index contributed by atoms with van der Waals surface area (Å²) >= 11 is 1.31. The number of esters is 1. The number of carbonyl (C=O) groups is 1. The Morgan fingerprint density at radius 2 is 2.50 bits per heavy atom. The zero-order valence-electron chi connectivity index (χ0n) is 7.48. The molecule has 0 aliphatic heterocycles. The molecule has 3 nitrogen and oxygen atoms in total. The molecule has 0 aromatic carbocycles. The van der Waals surface area contributed by atoms with Crippen LogP contribution >= 0.6 is 11.3 Å². The summed E-state index contributed by atoms with van der Waals surface area (Å²) in [6, 6.07) is 3.60. The van der Waals surface area contributed by atoms with Crippen LogP contribution in [0.2, 0.25) is 0 Å². The van der Waals surface area contributed by atoms with Gasteiger partial charge in [0.15, 0.2) is 6.10 Å². The maximum atomic E-state index is 10.7. The van der Waals surface area contributed by atoms with Crippen molar-refractivity contribution in [1.82, 2.24) is 0 Å². The first kappa shape index (κ1) is 10.3. The molecular formula is C10H7NO2S. The Morgan fingerprint density at radius 1 is 1.79 bits per heavy atom. The number of nitriles is 1. The maximum Gasteiger partial charge on any atom is 0.304 e. The fourth-order valence-corrected chi connectivity index (χ4v) is 1.71. The van der Waals surface area contributed by atoms with E-state index in [0.717, 1.165) is 0 Å². The number of nitrogens with zero attached hydrogens (tertiary/aromatic N) is 1. The molecule has 0 aliphatic carbocycles. The van der Waals surface area contributed by atoms with Crippen molar-refractivity contribution in [2.24, 2.45) is 0 Å². The van der Waals surface area contributed by atoms with Crippen molar-refractivity contribution in [2.45, 2.75) is 13.0 Å². The van der Waals surface area contributed by atoms with E-state index in [0.29, 0.717) is 10.4 Å². The molecule has 0 fully saturated rings. The average molecular weight is 205 g/mol. The zero-order valence-corrected chi connectivity index (χ0v) is 8.30. The average Bonchev–Trinajstić information content (AvgIpc) is 2.62. The SMILES string of the molecule is C#CC(OC(C)=O)c1cc(C#N)cs1. The highest BCUT2D eigenvalue weighted by Gasteiger charge is 2.13. The second kappa shape index (κ2) is 4.45. The number of thiophene rings is 1. The van der Waals surface area contributed by atoms with Crippen molar-refractivity contribution in [3.63, 3.8) is 0 Å². The molecule has 0 saturated heterocycles. The first-order chi connectivity index (χ1) is 6.67. The second-order valence-electron chi connectivity index (χ2n) is 2.51. The van der Waals surface area contributed by atoms with Gasteiger partial charge in [-0.05, 0) is 6.07 Å². The van der Waals surface area contributed by atoms with Crippen molar-refractivity contribution in [2.75, 3.05) is 0 Å². The van der Waals surface area contributed by atoms with Gasteiger partial charge in [0.05, 0.1) is 10.4 Å². The smallest absolute Gasteiger partial charge is 0.304 e. The van der Waals surface area contributed by atoms with Gasteiger partial charge < -0.3 is 4.74 Å². The largest absolute Gasteiger partial charge is 0.443 e. The highest BCUT2D eigenvalue weighted by molar-refractivity contribution is 7.10. The van der Waals surface area contributed by atoms with Crippen LogP contribution in [-0.4, -0.2) is 5.97 Å². The van der Waals surface area contributed by atoms with Crippen LogP contribution in [0.5, 0.6) is 0 Å². The summed E-state index contributed by atoms with van der Waals surface area (Å²) in [5.41, 5.74) is 0.525. The standard InChI is InChI=1S/C10H7NO2S/c1-3-9(13-7(2)12)10-4-8(5-11)6-14-10/h1,4,6,9H,2H3. The summed E-state index contributed by atoms with van der Waals surface area (Å²) in [5.74, 6) is 1.91. The summed E-state index contributed by atoms with van der Waals surface area (Å²) < 4.78 is 4.87. The normalized spacial score (nSPS) is 11.1. The minimum atomic E-state index is -0.681. The van der Waals surface area contributed by atoms with Crippen LogP contribution in [0.3, 0.4) is 0 Å². The van der Waals surface area contributed by atoms with Gasteiger partial charge in [-0.1, -0.05) is 5.92 Å². The van der Waals surface area contributed by atoms with Gasteiger partial charge in [-0.3, -0.25) is 4.79 Å². The first-order valence-electron chi connectivity index (χ1n) is 3.79. The molecule has 1 rings (SSSR count). The molecular weight excluding hydrogens is 198 g/mol. The number of carbonyl (C=O) groups excluding carboxylic acids is 1. The molecule has 1 aromatic heterocycles. The maximum absolute atomic E-state index is 10.7. The first-order valence-corrected chi connectivity index (χ1v) is 4.67. The van der Waals surface area contributed by atoms with Gasteiger partial charge in [0.2, 0.25) is 0 Å². The Morgan fingerprint density at radius 3 is 2.93 bits per heavy atom. The number of rotatable bonds is 2. The summed E-state index contributed by atoms with van der Waals surface area (Å²) in [4.78, 5) is 11.4. The summed E-state index contributed by atoms with van der Waals surface area (Å²) in [6.45, 7) is 1.29.